The highest BCUT2D eigenvalue weighted by atomic mass is 32.2. The number of rotatable bonds is 6. The molecule has 0 atom stereocenters. The molecule has 0 N–H and O–H groups in total. The van der Waals surface area contributed by atoms with Gasteiger partial charge in [-0.3, -0.25) is 0 Å². The number of fused-ring (bicyclic) bond motifs is 1. The second kappa shape index (κ2) is 7.06. The first kappa shape index (κ1) is 17.8. The van der Waals surface area contributed by atoms with Crippen LogP contribution in [0.1, 0.15) is 23.1 Å². The third-order valence-electron chi connectivity index (χ3n) is 4.67. The summed E-state index contributed by atoms with van der Waals surface area (Å²) < 4.78 is 37.7. The Labute approximate surface area is 149 Å². The fourth-order valence-electron chi connectivity index (χ4n) is 3.20. The summed E-state index contributed by atoms with van der Waals surface area (Å²) in [6, 6.07) is 10.9. The zero-order valence-electron chi connectivity index (χ0n) is 14.8. The molecule has 6 heteroatoms. The summed E-state index contributed by atoms with van der Waals surface area (Å²) in [6.07, 6.45) is 3.08. The summed E-state index contributed by atoms with van der Waals surface area (Å²) in [4.78, 5) is 0.350. The molecule has 5 nitrogen and oxygen atoms in total. The number of nitrogens with zero attached hydrogens (tertiary/aromatic N) is 1. The van der Waals surface area contributed by atoms with Crippen LogP contribution in [-0.4, -0.2) is 34.0 Å². The number of benzene rings is 2. The lowest BCUT2D eigenvalue weighted by Crippen LogP contribution is -2.26. The summed E-state index contributed by atoms with van der Waals surface area (Å²) in [5.41, 5.74) is 3.20. The van der Waals surface area contributed by atoms with Gasteiger partial charge in [0.1, 0.15) is 11.5 Å². The van der Waals surface area contributed by atoms with E-state index in [1.807, 2.05) is 18.2 Å². The van der Waals surface area contributed by atoms with Crippen molar-refractivity contribution >= 4 is 10.0 Å². The topological polar surface area (TPSA) is 55.8 Å². The summed E-state index contributed by atoms with van der Waals surface area (Å²) >= 11 is 0. The van der Waals surface area contributed by atoms with Gasteiger partial charge in [0.2, 0.25) is 10.0 Å². The van der Waals surface area contributed by atoms with Crippen LogP contribution in [0.15, 0.2) is 41.3 Å². The molecule has 134 valence electrons. The van der Waals surface area contributed by atoms with Crippen molar-refractivity contribution in [3.63, 3.8) is 0 Å². The number of hydrogen-bond acceptors (Lipinski definition) is 4. The van der Waals surface area contributed by atoms with Crippen molar-refractivity contribution in [1.82, 2.24) is 4.31 Å². The van der Waals surface area contributed by atoms with Crippen LogP contribution in [0, 0.1) is 0 Å². The second-order valence-corrected chi connectivity index (χ2v) is 8.27. The Balaban J connectivity index is 1.86. The summed E-state index contributed by atoms with van der Waals surface area (Å²) in [5.74, 6) is 1.28. The number of sulfonamides is 1. The molecule has 0 aromatic heterocycles. The van der Waals surface area contributed by atoms with E-state index < -0.39 is 10.0 Å². The summed E-state index contributed by atoms with van der Waals surface area (Å²) in [7, 11) is 1.18. The summed E-state index contributed by atoms with van der Waals surface area (Å²) in [5, 5.41) is 0. The maximum atomic E-state index is 12.9. The van der Waals surface area contributed by atoms with Gasteiger partial charge in [-0.05, 0) is 48.6 Å². The number of methoxy groups -OCH3 is 2. The lowest BCUT2D eigenvalue weighted by Gasteiger charge is -2.19. The smallest absolute Gasteiger partial charge is 0.243 e. The third-order valence-corrected chi connectivity index (χ3v) is 6.46. The van der Waals surface area contributed by atoms with Crippen LogP contribution >= 0.6 is 0 Å². The largest absolute Gasteiger partial charge is 0.497 e. The van der Waals surface area contributed by atoms with Crippen molar-refractivity contribution in [1.29, 1.82) is 0 Å². The SMILES string of the molecule is COc1ccc(CN(C)S(=O)(=O)c2ccc3c(c2)CCC3)c(OC)c1. The van der Waals surface area contributed by atoms with Crippen LogP contribution < -0.4 is 9.47 Å². The molecule has 0 bridgehead atoms. The molecule has 0 radical (unpaired) electrons. The minimum absolute atomic E-state index is 0.229. The Kier molecular flexibility index (Phi) is 5.01. The number of hydrogen-bond donors (Lipinski definition) is 0. The maximum absolute atomic E-state index is 12.9. The van der Waals surface area contributed by atoms with Crippen LogP contribution in [0.4, 0.5) is 0 Å². The predicted molar refractivity (Wildman–Crippen MR) is 96.7 cm³/mol. The highest BCUT2D eigenvalue weighted by molar-refractivity contribution is 7.89. The van der Waals surface area contributed by atoms with E-state index in [1.54, 1.807) is 39.5 Å². The van der Waals surface area contributed by atoms with Crippen LogP contribution in [0.2, 0.25) is 0 Å². The van der Waals surface area contributed by atoms with E-state index in [1.165, 1.54) is 9.87 Å². The minimum Gasteiger partial charge on any atom is -0.497 e. The zero-order valence-corrected chi connectivity index (χ0v) is 15.6. The normalized spacial score (nSPS) is 13.8. The minimum atomic E-state index is -3.55. The quantitative estimate of drug-likeness (QED) is 0.794. The Morgan fingerprint density at radius 1 is 1.00 bits per heavy atom. The lowest BCUT2D eigenvalue weighted by atomic mass is 10.1. The molecular formula is C19H23NO4S. The van der Waals surface area contributed by atoms with Gasteiger partial charge in [-0.25, -0.2) is 8.42 Å². The molecule has 2 aromatic carbocycles. The fraction of sp³-hybridized carbons (Fsp3) is 0.368. The van der Waals surface area contributed by atoms with Gasteiger partial charge in [-0.15, -0.1) is 0 Å². The van der Waals surface area contributed by atoms with Gasteiger partial charge in [-0.1, -0.05) is 12.1 Å². The van der Waals surface area contributed by atoms with E-state index in [0.29, 0.717) is 16.4 Å². The Morgan fingerprint density at radius 3 is 2.48 bits per heavy atom. The number of ether oxygens (including phenoxy) is 2. The highest BCUT2D eigenvalue weighted by Crippen LogP contribution is 2.29. The van der Waals surface area contributed by atoms with Crippen molar-refractivity contribution in [2.24, 2.45) is 0 Å². The molecule has 0 aliphatic heterocycles. The first-order chi connectivity index (χ1) is 12.0. The van der Waals surface area contributed by atoms with Crippen molar-refractivity contribution in [3.05, 3.63) is 53.1 Å². The molecule has 1 aliphatic rings. The molecule has 0 amide bonds. The van der Waals surface area contributed by atoms with E-state index in [9.17, 15) is 8.42 Å². The Morgan fingerprint density at radius 2 is 1.76 bits per heavy atom. The monoisotopic (exact) mass is 361 g/mol. The molecular weight excluding hydrogens is 338 g/mol. The summed E-state index contributed by atoms with van der Waals surface area (Å²) in [6.45, 7) is 0.229. The molecule has 0 unspecified atom stereocenters. The Hall–Kier alpha value is -2.05. The first-order valence-electron chi connectivity index (χ1n) is 8.24. The van der Waals surface area contributed by atoms with E-state index in [-0.39, 0.29) is 6.54 Å². The van der Waals surface area contributed by atoms with Crippen molar-refractivity contribution in [2.75, 3.05) is 21.3 Å². The molecule has 3 rings (SSSR count). The molecule has 0 heterocycles. The molecule has 0 saturated heterocycles. The van der Waals surface area contributed by atoms with Gasteiger partial charge in [0.15, 0.2) is 0 Å². The van der Waals surface area contributed by atoms with Crippen LogP contribution in [0.5, 0.6) is 11.5 Å². The fourth-order valence-corrected chi connectivity index (χ4v) is 4.40. The lowest BCUT2D eigenvalue weighted by molar-refractivity contribution is 0.384. The van der Waals surface area contributed by atoms with Crippen molar-refractivity contribution in [3.8, 4) is 11.5 Å². The average molecular weight is 361 g/mol. The average Bonchev–Trinajstić information content (AvgIpc) is 3.09. The van der Waals surface area contributed by atoms with Crippen molar-refractivity contribution in [2.45, 2.75) is 30.7 Å². The first-order valence-corrected chi connectivity index (χ1v) is 9.69. The van der Waals surface area contributed by atoms with Gasteiger partial charge in [0, 0.05) is 25.2 Å². The standard InChI is InChI=1S/C19H23NO4S/c1-20(13-16-7-9-17(23-2)12-19(16)24-3)25(21,22)18-10-8-14-5-4-6-15(14)11-18/h7-12H,4-6,13H2,1-3H3. The highest BCUT2D eigenvalue weighted by Gasteiger charge is 2.24. The third kappa shape index (κ3) is 3.50. The molecule has 0 fully saturated rings. The van der Waals surface area contributed by atoms with E-state index >= 15 is 0 Å². The van der Waals surface area contributed by atoms with Crippen molar-refractivity contribution < 1.29 is 17.9 Å². The Bertz CT molecular complexity index is 877. The van der Waals surface area contributed by atoms with Crippen LogP contribution in [-0.2, 0) is 29.4 Å². The van der Waals surface area contributed by atoms with Gasteiger partial charge in [-0.2, -0.15) is 4.31 Å². The molecule has 1 aliphatic carbocycles. The molecule has 2 aromatic rings. The van der Waals surface area contributed by atoms with E-state index in [2.05, 4.69) is 0 Å². The van der Waals surface area contributed by atoms with Gasteiger partial charge >= 0.3 is 0 Å². The molecule has 25 heavy (non-hydrogen) atoms. The molecule has 0 spiro atoms. The zero-order chi connectivity index (χ0) is 18.0. The second-order valence-electron chi connectivity index (χ2n) is 6.22. The van der Waals surface area contributed by atoms with Gasteiger partial charge < -0.3 is 9.47 Å². The number of aryl methyl sites for hydroxylation is 2. The van der Waals surface area contributed by atoms with Crippen LogP contribution in [0.25, 0.3) is 0 Å². The van der Waals surface area contributed by atoms with Crippen LogP contribution in [0.3, 0.4) is 0 Å². The van der Waals surface area contributed by atoms with E-state index in [0.717, 1.165) is 30.4 Å². The molecule has 0 saturated carbocycles. The van der Waals surface area contributed by atoms with Gasteiger partial charge in [0.05, 0.1) is 19.1 Å². The predicted octanol–water partition coefficient (Wildman–Crippen LogP) is 3.01. The maximum Gasteiger partial charge on any atom is 0.243 e. The van der Waals surface area contributed by atoms with Gasteiger partial charge in [0.25, 0.3) is 0 Å². The van der Waals surface area contributed by atoms with E-state index in [4.69, 9.17) is 9.47 Å².